The van der Waals surface area contributed by atoms with Gasteiger partial charge in [-0.15, -0.1) is 0 Å². The number of carbonyl (C=O) groups is 1. The Morgan fingerprint density at radius 3 is 3.00 bits per heavy atom. The van der Waals surface area contributed by atoms with E-state index in [1.165, 1.54) is 0 Å². The number of carboxylic acids is 1. The minimum atomic E-state index is -0.926. The van der Waals surface area contributed by atoms with Crippen molar-refractivity contribution in [3.8, 4) is 0 Å². The summed E-state index contributed by atoms with van der Waals surface area (Å²) in [4.78, 5) is 10.8. The van der Waals surface area contributed by atoms with Gasteiger partial charge in [-0.25, -0.2) is 4.79 Å². The lowest BCUT2D eigenvalue weighted by atomic mass is 10.1. The Morgan fingerprint density at radius 2 is 2.23 bits per heavy atom. The number of fused-ring (bicyclic) bond motifs is 1. The fourth-order valence-electron chi connectivity index (χ4n) is 1.50. The largest absolute Gasteiger partial charge is 0.476 e. The van der Waals surface area contributed by atoms with Crippen LogP contribution in [-0.4, -0.2) is 32.8 Å². The highest BCUT2D eigenvalue weighted by molar-refractivity contribution is 7.99. The van der Waals surface area contributed by atoms with Crippen molar-refractivity contribution in [1.29, 1.82) is 0 Å². The maximum atomic E-state index is 10.8. The Morgan fingerprint density at radius 1 is 1.46 bits per heavy atom. The van der Waals surface area contributed by atoms with Gasteiger partial charge in [0.2, 0.25) is 0 Å². The van der Waals surface area contributed by atoms with Crippen molar-refractivity contribution in [1.82, 2.24) is 10.2 Å². The molecule has 0 atom stereocenters. The molecule has 1 aliphatic heterocycles. The number of aromatic carboxylic acids is 1. The summed E-state index contributed by atoms with van der Waals surface area (Å²) >= 11 is 1.86. The zero-order valence-electron chi connectivity index (χ0n) is 7.04. The second-order valence-corrected chi connectivity index (χ2v) is 4.17. The number of aryl methyl sites for hydroxylation is 1. The number of thioether (sulfide) groups is 1. The third kappa shape index (κ3) is 1.56. The first-order chi connectivity index (χ1) is 6.29. The van der Waals surface area contributed by atoms with Crippen LogP contribution in [0.1, 0.15) is 21.7 Å². The van der Waals surface area contributed by atoms with E-state index in [1.807, 2.05) is 11.8 Å². The van der Waals surface area contributed by atoms with Crippen LogP contribution >= 0.6 is 11.8 Å². The number of aromatic nitrogens is 2. The van der Waals surface area contributed by atoms with E-state index in [9.17, 15) is 4.79 Å². The van der Waals surface area contributed by atoms with E-state index in [0.29, 0.717) is 0 Å². The highest BCUT2D eigenvalue weighted by Gasteiger charge is 2.19. The SMILES string of the molecule is O=C(O)c1n[nH]c2c1CCSCC2. The number of hydrogen-bond acceptors (Lipinski definition) is 3. The normalized spacial score (nSPS) is 16.3. The summed E-state index contributed by atoms with van der Waals surface area (Å²) in [5.74, 6) is 1.12. The average molecular weight is 198 g/mol. The minimum Gasteiger partial charge on any atom is -0.476 e. The van der Waals surface area contributed by atoms with Crippen LogP contribution in [0.5, 0.6) is 0 Å². The summed E-state index contributed by atoms with van der Waals surface area (Å²) in [6, 6.07) is 0. The maximum Gasteiger partial charge on any atom is 0.356 e. The third-order valence-corrected chi connectivity index (χ3v) is 3.13. The smallest absolute Gasteiger partial charge is 0.356 e. The first kappa shape index (κ1) is 8.62. The third-order valence-electron chi connectivity index (χ3n) is 2.15. The van der Waals surface area contributed by atoms with E-state index in [0.717, 1.165) is 35.6 Å². The summed E-state index contributed by atoms with van der Waals surface area (Å²) < 4.78 is 0. The van der Waals surface area contributed by atoms with Gasteiger partial charge in [-0.1, -0.05) is 0 Å². The minimum absolute atomic E-state index is 0.206. The van der Waals surface area contributed by atoms with E-state index < -0.39 is 5.97 Å². The predicted molar refractivity (Wildman–Crippen MR) is 50.3 cm³/mol. The number of rotatable bonds is 1. The Balaban J connectivity index is 2.39. The van der Waals surface area contributed by atoms with E-state index in [2.05, 4.69) is 10.2 Å². The molecule has 1 aromatic rings. The second-order valence-electron chi connectivity index (χ2n) is 2.95. The molecule has 70 valence electrons. The van der Waals surface area contributed by atoms with E-state index in [4.69, 9.17) is 5.11 Å². The van der Waals surface area contributed by atoms with E-state index >= 15 is 0 Å². The molecule has 1 aliphatic rings. The number of H-pyrrole nitrogens is 1. The molecule has 5 heteroatoms. The Labute approximate surface area is 79.7 Å². The molecule has 0 bridgehead atoms. The van der Waals surface area contributed by atoms with Gasteiger partial charge in [0.15, 0.2) is 5.69 Å². The molecule has 0 spiro atoms. The number of carboxylic acid groups (broad SMARTS) is 1. The monoisotopic (exact) mass is 198 g/mol. The molecule has 0 aliphatic carbocycles. The lowest BCUT2D eigenvalue weighted by molar-refractivity contribution is 0.0689. The summed E-state index contributed by atoms with van der Waals surface area (Å²) in [7, 11) is 0. The maximum absolute atomic E-state index is 10.8. The molecule has 0 aromatic carbocycles. The fraction of sp³-hybridized carbons (Fsp3) is 0.500. The quantitative estimate of drug-likeness (QED) is 0.704. The van der Waals surface area contributed by atoms with Gasteiger partial charge in [-0.3, -0.25) is 5.10 Å². The van der Waals surface area contributed by atoms with Gasteiger partial charge in [0, 0.05) is 11.3 Å². The van der Waals surface area contributed by atoms with Gasteiger partial charge in [-0.2, -0.15) is 16.9 Å². The van der Waals surface area contributed by atoms with Crippen molar-refractivity contribution in [2.45, 2.75) is 12.8 Å². The fourth-order valence-corrected chi connectivity index (χ4v) is 2.41. The van der Waals surface area contributed by atoms with Gasteiger partial charge < -0.3 is 5.11 Å². The van der Waals surface area contributed by atoms with Crippen molar-refractivity contribution >= 4 is 17.7 Å². The van der Waals surface area contributed by atoms with Crippen LogP contribution in [0.4, 0.5) is 0 Å². The van der Waals surface area contributed by atoms with Crippen LogP contribution in [0.2, 0.25) is 0 Å². The van der Waals surface area contributed by atoms with Crippen molar-refractivity contribution in [3.63, 3.8) is 0 Å². The number of nitrogens with zero attached hydrogens (tertiary/aromatic N) is 1. The Bertz CT molecular complexity index is 335. The first-order valence-corrected chi connectivity index (χ1v) is 5.31. The van der Waals surface area contributed by atoms with E-state index in [-0.39, 0.29) is 5.69 Å². The van der Waals surface area contributed by atoms with Gasteiger partial charge in [0.05, 0.1) is 0 Å². The Hall–Kier alpha value is -0.970. The molecule has 1 aromatic heterocycles. The van der Waals surface area contributed by atoms with Crippen molar-refractivity contribution in [2.24, 2.45) is 0 Å². The lowest BCUT2D eigenvalue weighted by Gasteiger charge is -1.95. The molecular formula is C8H10N2O2S. The molecule has 0 amide bonds. The first-order valence-electron chi connectivity index (χ1n) is 4.16. The summed E-state index contributed by atoms with van der Waals surface area (Å²) in [5.41, 5.74) is 2.11. The highest BCUT2D eigenvalue weighted by Crippen LogP contribution is 2.20. The zero-order valence-corrected chi connectivity index (χ0v) is 7.86. The standard InChI is InChI=1S/C8H10N2O2S/c11-8(12)7-5-1-3-13-4-2-6(5)9-10-7/h1-4H2,(H,9,10)(H,11,12). The van der Waals surface area contributed by atoms with Crippen LogP contribution in [0.15, 0.2) is 0 Å². The van der Waals surface area contributed by atoms with Gasteiger partial charge >= 0.3 is 5.97 Å². The molecule has 0 fully saturated rings. The van der Waals surface area contributed by atoms with Gasteiger partial charge in [-0.05, 0) is 24.3 Å². The van der Waals surface area contributed by atoms with Crippen LogP contribution in [0.3, 0.4) is 0 Å². The Kier molecular flexibility index (Phi) is 2.26. The van der Waals surface area contributed by atoms with Crippen LogP contribution in [0.25, 0.3) is 0 Å². The molecule has 13 heavy (non-hydrogen) atoms. The van der Waals surface area contributed by atoms with Crippen molar-refractivity contribution in [2.75, 3.05) is 11.5 Å². The van der Waals surface area contributed by atoms with Crippen molar-refractivity contribution in [3.05, 3.63) is 17.0 Å². The zero-order chi connectivity index (χ0) is 9.26. The molecule has 0 unspecified atom stereocenters. The molecule has 0 saturated heterocycles. The van der Waals surface area contributed by atoms with Crippen LogP contribution < -0.4 is 0 Å². The lowest BCUT2D eigenvalue weighted by Crippen LogP contribution is -2.02. The number of nitrogens with one attached hydrogen (secondary N) is 1. The molecular weight excluding hydrogens is 188 g/mol. The van der Waals surface area contributed by atoms with Gasteiger partial charge in [0.1, 0.15) is 0 Å². The highest BCUT2D eigenvalue weighted by atomic mass is 32.2. The van der Waals surface area contributed by atoms with Crippen LogP contribution in [0, 0.1) is 0 Å². The molecule has 0 saturated carbocycles. The van der Waals surface area contributed by atoms with E-state index in [1.54, 1.807) is 0 Å². The number of aromatic amines is 1. The number of hydrogen-bond donors (Lipinski definition) is 2. The van der Waals surface area contributed by atoms with Crippen molar-refractivity contribution < 1.29 is 9.90 Å². The summed E-state index contributed by atoms with van der Waals surface area (Å²) in [6.45, 7) is 0. The van der Waals surface area contributed by atoms with Crippen LogP contribution in [-0.2, 0) is 12.8 Å². The second kappa shape index (κ2) is 3.41. The molecule has 0 radical (unpaired) electrons. The molecule has 2 rings (SSSR count). The summed E-state index contributed by atoms with van der Waals surface area (Å²) in [5, 5.41) is 15.4. The molecule has 2 N–H and O–H groups in total. The molecule has 4 nitrogen and oxygen atoms in total. The predicted octanol–water partition coefficient (Wildman–Crippen LogP) is 0.940. The van der Waals surface area contributed by atoms with Gasteiger partial charge in [0.25, 0.3) is 0 Å². The molecule has 2 heterocycles. The summed E-state index contributed by atoms with van der Waals surface area (Å²) in [6.07, 6.45) is 1.72. The topological polar surface area (TPSA) is 66.0 Å². The average Bonchev–Trinajstić information content (AvgIpc) is 2.36.